The average Bonchev–Trinajstić information content (AvgIpc) is 3.21. The molecule has 1 aliphatic rings. The monoisotopic (exact) mass is 243 g/mol. The summed E-state index contributed by atoms with van der Waals surface area (Å²) in [5, 5.41) is 10.1. The quantitative estimate of drug-likeness (QED) is 0.818. The summed E-state index contributed by atoms with van der Waals surface area (Å²) in [6, 6.07) is 9.67. The van der Waals surface area contributed by atoms with E-state index in [0.29, 0.717) is 6.54 Å². The lowest BCUT2D eigenvalue weighted by atomic mass is 10.1. The molecule has 0 radical (unpaired) electrons. The van der Waals surface area contributed by atoms with Crippen LogP contribution in [0.5, 0.6) is 0 Å². The second kappa shape index (κ2) is 5.70. The molecule has 2 rings (SSSR count). The Bertz CT molecular complexity index is 468. The molecule has 1 unspecified atom stereocenters. The van der Waals surface area contributed by atoms with E-state index in [1.807, 2.05) is 30.3 Å². The number of carbonyl (C=O) groups excluding carboxylic acids is 1. The fraction of sp³-hybridized carbons (Fsp3) is 0.400. The number of hydrogen-bond donors (Lipinski definition) is 1. The van der Waals surface area contributed by atoms with Crippen LogP contribution in [0.15, 0.2) is 30.3 Å². The molecule has 94 valence electrons. The molecule has 18 heavy (non-hydrogen) atoms. The minimum Gasteiger partial charge on any atom is -0.387 e. The second-order valence-electron chi connectivity index (χ2n) is 4.49. The largest absolute Gasteiger partial charge is 0.387 e. The maximum absolute atomic E-state index is 11.8. The molecule has 1 aromatic rings. The number of amides is 1. The normalized spacial score (nSPS) is 15.4. The van der Waals surface area contributed by atoms with Crippen LogP contribution in [0.2, 0.25) is 0 Å². The van der Waals surface area contributed by atoms with Gasteiger partial charge in [0, 0.05) is 6.04 Å². The minimum absolute atomic E-state index is 0.185. The third-order valence-corrected chi connectivity index (χ3v) is 3.03. The summed E-state index contributed by atoms with van der Waals surface area (Å²) in [6.45, 7) is 1.97. The van der Waals surface area contributed by atoms with Crippen LogP contribution in [-0.2, 0) is 4.79 Å². The molecule has 3 heteroatoms. The predicted molar refractivity (Wildman–Crippen MR) is 69.6 cm³/mol. The molecule has 0 heterocycles. The van der Waals surface area contributed by atoms with E-state index < -0.39 is 6.10 Å². The fourth-order valence-corrected chi connectivity index (χ4v) is 1.93. The summed E-state index contributed by atoms with van der Waals surface area (Å²) in [6.07, 6.45) is 1.38. The van der Waals surface area contributed by atoms with Gasteiger partial charge in [-0.15, -0.1) is 0 Å². The van der Waals surface area contributed by atoms with Gasteiger partial charge in [0.1, 0.15) is 0 Å². The lowest BCUT2D eigenvalue weighted by Crippen LogP contribution is -2.35. The van der Waals surface area contributed by atoms with Gasteiger partial charge in [0.05, 0.1) is 12.6 Å². The number of rotatable bonds is 4. The van der Waals surface area contributed by atoms with E-state index in [0.717, 1.165) is 18.4 Å². The summed E-state index contributed by atoms with van der Waals surface area (Å²) >= 11 is 0. The summed E-state index contributed by atoms with van der Waals surface area (Å²) in [4.78, 5) is 13.5. The molecule has 0 saturated heterocycles. The Morgan fingerprint density at radius 3 is 2.67 bits per heavy atom. The maximum atomic E-state index is 11.8. The molecule has 1 aliphatic carbocycles. The number of benzene rings is 1. The molecule has 1 amide bonds. The van der Waals surface area contributed by atoms with Crippen LogP contribution in [-0.4, -0.2) is 28.5 Å². The van der Waals surface area contributed by atoms with Crippen molar-refractivity contribution in [1.82, 2.24) is 4.90 Å². The van der Waals surface area contributed by atoms with E-state index in [2.05, 4.69) is 11.8 Å². The maximum Gasteiger partial charge on any atom is 0.298 e. The Kier molecular flexibility index (Phi) is 4.01. The van der Waals surface area contributed by atoms with Crippen LogP contribution in [0.4, 0.5) is 0 Å². The predicted octanol–water partition coefficient (Wildman–Crippen LogP) is 1.73. The molecular weight excluding hydrogens is 226 g/mol. The third-order valence-electron chi connectivity index (χ3n) is 3.03. The number of aliphatic hydroxyl groups is 1. The van der Waals surface area contributed by atoms with Gasteiger partial charge in [-0.05, 0) is 31.2 Å². The fourth-order valence-electron chi connectivity index (χ4n) is 1.93. The molecule has 0 spiro atoms. The van der Waals surface area contributed by atoms with Gasteiger partial charge in [-0.3, -0.25) is 4.79 Å². The summed E-state index contributed by atoms with van der Waals surface area (Å²) in [7, 11) is 0. The van der Waals surface area contributed by atoms with Crippen LogP contribution >= 0.6 is 0 Å². The minimum atomic E-state index is -0.644. The van der Waals surface area contributed by atoms with E-state index in [1.165, 1.54) is 0 Å². The van der Waals surface area contributed by atoms with Crippen LogP contribution in [0.25, 0.3) is 0 Å². The molecule has 1 fully saturated rings. The standard InChI is InChI=1S/C15H17NO2/c1-2-6-15(18)16(13-9-10-13)11-14(17)12-7-4-3-5-8-12/h3-5,7-8,13-14,17H,9-11H2,1H3. The zero-order valence-corrected chi connectivity index (χ0v) is 10.5. The van der Waals surface area contributed by atoms with Crippen molar-refractivity contribution in [3.63, 3.8) is 0 Å². The molecule has 0 aromatic heterocycles. The number of aliphatic hydroxyl groups excluding tert-OH is 1. The van der Waals surface area contributed by atoms with Crippen molar-refractivity contribution in [1.29, 1.82) is 0 Å². The number of hydrogen-bond acceptors (Lipinski definition) is 2. The first-order valence-electron chi connectivity index (χ1n) is 6.18. The van der Waals surface area contributed by atoms with Gasteiger partial charge >= 0.3 is 0 Å². The molecule has 0 aliphatic heterocycles. The van der Waals surface area contributed by atoms with Crippen molar-refractivity contribution in [3.8, 4) is 11.8 Å². The highest BCUT2D eigenvalue weighted by Gasteiger charge is 2.33. The van der Waals surface area contributed by atoms with Gasteiger partial charge in [-0.1, -0.05) is 36.3 Å². The topological polar surface area (TPSA) is 40.5 Å². The SMILES string of the molecule is CC#CC(=O)N(CC(O)c1ccccc1)C1CC1. The Balaban J connectivity index is 2.04. The lowest BCUT2D eigenvalue weighted by molar-refractivity contribution is -0.127. The molecule has 1 aromatic carbocycles. The molecular formula is C15H17NO2. The Morgan fingerprint density at radius 1 is 1.44 bits per heavy atom. The molecule has 1 saturated carbocycles. The molecule has 3 nitrogen and oxygen atoms in total. The summed E-state index contributed by atoms with van der Waals surface area (Å²) in [5.41, 5.74) is 0.834. The summed E-state index contributed by atoms with van der Waals surface area (Å²) in [5.74, 6) is 4.99. The zero-order chi connectivity index (χ0) is 13.0. The van der Waals surface area contributed by atoms with E-state index in [1.54, 1.807) is 11.8 Å². The van der Waals surface area contributed by atoms with Crippen LogP contribution in [0.1, 0.15) is 31.4 Å². The first kappa shape index (κ1) is 12.7. The van der Waals surface area contributed by atoms with Crippen molar-refractivity contribution >= 4 is 5.91 Å². The van der Waals surface area contributed by atoms with Gasteiger partial charge in [0.25, 0.3) is 5.91 Å². The molecule has 0 bridgehead atoms. The Morgan fingerprint density at radius 2 is 2.11 bits per heavy atom. The second-order valence-corrected chi connectivity index (χ2v) is 4.49. The highest BCUT2D eigenvalue weighted by Crippen LogP contribution is 2.28. The van der Waals surface area contributed by atoms with E-state index in [4.69, 9.17) is 0 Å². The number of nitrogens with zero attached hydrogens (tertiary/aromatic N) is 1. The van der Waals surface area contributed by atoms with Crippen molar-refractivity contribution < 1.29 is 9.90 Å². The van der Waals surface area contributed by atoms with E-state index in [-0.39, 0.29) is 11.9 Å². The first-order valence-corrected chi connectivity index (χ1v) is 6.18. The van der Waals surface area contributed by atoms with Crippen LogP contribution in [0, 0.1) is 11.8 Å². The molecule has 1 N–H and O–H groups in total. The lowest BCUT2D eigenvalue weighted by Gasteiger charge is -2.23. The van der Waals surface area contributed by atoms with Crippen molar-refractivity contribution in [2.24, 2.45) is 0 Å². The van der Waals surface area contributed by atoms with Gasteiger partial charge < -0.3 is 10.0 Å². The van der Waals surface area contributed by atoms with Gasteiger partial charge in [-0.25, -0.2) is 0 Å². The van der Waals surface area contributed by atoms with Crippen molar-refractivity contribution in [2.75, 3.05) is 6.54 Å². The van der Waals surface area contributed by atoms with Crippen LogP contribution in [0.3, 0.4) is 0 Å². The van der Waals surface area contributed by atoms with E-state index in [9.17, 15) is 9.90 Å². The van der Waals surface area contributed by atoms with Gasteiger partial charge in [0.2, 0.25) is 0 Å². The number of carbonyl (C=O) groups is 1. The van der Waals surface area contributed by atoms with Crippen molar-refractivity contribution in [3.05, 3.63) is 35.9 Å². The highest BCUT2D eigenvalue weighted by atomic mass is 16.3. The summed E-state index contributed by atoms with van der Waals surface area (Å²) < 4.78 is 0. The average molecular weight is 243 g/mol. The Hall–Kier alpha value is -1.79. The third kappa shape index (κ3) is 3.12. The highest BCUT2D eigenvalue weighted by molar-refractivity contribution is 5.93. The van der Waals surface area contributed by atoms with Gasteiger partial charge in [-0.2, -0.15) is 0 Å². The smallest absolute Gasteiger partial charge is 0.298 e. The van der Waals surface area contributed by atoms with Crippen molar-refractivity contribution in [2.45, 2.75) is 31.9 Å². The van der Waals surface area contributed by atoms with Crippen LogP contribution < -0.4 is 0 Å². The Labute approximate surface area is 107 Å². The first-order chi connectivity index (χ1) is 8.72. The zero-order valence-electron chi connectivity index (χ0n) is 10.5. The van der Waals surface area contributed by atoms with Gasteiger partial charge in [0.15, 0.2) is 0 Å². The molecule has 1 atom stereocenters. The van der Waals surface area contributed by atoms with E-state index >= 15 is 0 Å².